The van der Waals surface area contributed by atoms with Gasteiger partial charge in [0.1, 0.15) is 22.8 Å². The van der Waals surface area contributed by atoms with E-state index in [1.54, 1.807) is 18.7 Å². The van der Waals surface area contributed by atoms with Crippen molar-refractivity contribution in [3.8, 4) is 0 Å². The molecule has 0 spiro atoms. The Kier molecular flexibility index (Phi) is 7.63. The maximum atomic E-state index is 12.9. The van der Waals surface area contributed by atoms with Crippen molar-refractivity contribution in [2.24, 2.45) is 5.16 Å². The highest BCUT2D eigenvalue weighted by atomic mass is 32.2. The van der Waals surface area contributed by atoms with Crippen LogP contribution in [-0.4, -0.2) is 88.6 Å². The van der Waals surface area contributed by atoms with Crippen LogP contribution in [0.15, 0.2) is 21.1 Å². The number of amides is 2. The van der Waals surface area contributed by atoms with E-state index in [1.807, 2.05) is 0 Å². The zero-order valence-electron chi connectivity index (χ0n) is 17.1. The van der Waals surface area contributed by atoms with Gasteiger partial charge in [0.05, 0.1) is 7.11 Å². The van der Waals surface area contributed by atoms with E-state index in [4.69, 9.17) is 4.84 Å². The fourth-order valence-corrected chi connectivity index (χ4v) is 5.77. The number of aliphatic carboxylic acids is 1. The van der Waals surface area contributed by atoms with Crippen LogP contribution >= 0.6 is 34.9 Å². The van der Waals surface area contributed by atoms with Gasteiger partial charge >= 0.3 is 11.9 Å². The van der Waals surface area contributed by atoms with Crippen molar-refractivity contribution in [3.63, 3.8) is 0 Å². The monoisotopic (exact) mass is 501 g/mol. The highest BCUT2D eigenvalue weighted by molar-refractivity contribution is 8.05. The van der Waals surface area contributed by atoms with E-state index in [0.29, 0.717) is 15.8 Å². The molecule has 2 amide bonds. The van der Waals surface area contributed by atoms with Gasteiger partial charge in [0.15, 0.2) is 10.8 Å². The molecule has 1 fully saturated rings. The molecule has 1 aromatic heterocycles. The van der Waals surface area contributed by atoms with Gasteiger partial charge in [-0.25, -0.2) is 14.6 Å². The number of anilines is 1. The van der Waals surface area contributed by atoms with E-state index >= 15 is 0 Å². The Hall–Kier alpha value is -2.78. The molecular weight excluding hydrogens is 482 g/mol. The van der Waals surface area contributed by atoms with Crippen molar-refractivity contribution in [2.45, 2.75) is 11.4 Å². The lowest BCUT2D eigenvalue weighted by molar-refractivity contribution is -0.150. The smallest absolute Gasteiger partial charge is 0.353 e. The van der Waals surface area contributed by atoms with Gasteiger partial charge in [0.25, 0.3) is 11.8 Å². The Morgan fingerprint density at radius 2 is 2.19 bits per heavy atom. The molecule has 1 aromatic rings. The number of nitrogens with zero attached hydrogens (tertiary/aromatic N) is 3. The van der Waals surface area contributed by atoms with E-state index in [9.17, 15) is 24.3 Å². The van der Waals surface area contributed by atoms with Gasteiger partial charge in [-0.3, -0.25) is 14.5 Å². The van der Waals surface area contributed by atoms with Gasteiger partial charge in [-0.1, -0.05) is 5.16 Å². The summed E-state index contributed by atoms with van der Waals surface area (Å²) < 4.78 is 4.47. The van der Waals surface area contributed by atoms with Crippen molar-refractivity contribution < 1.29 is 33.9 Å². The minimum absolute atomic E-state index is 0.0646. The molecule has 0 saturated carbocycles. The van der Waals surface area contributed by atoms with Crippen LogP contribution in [0.5, 0.6) is 0 Å². The van der Waals surface area contributed by atoms with Gasteiger partial charge in [-0.2, -0.15) is 0 Å². The number of esters is 1. The van der Waals surface area contributed by atoms with Crippen molar-refractivity contribution in [3.05, 3.63) is 21.7 Å². The van der Waals surface area contributed by atoms with Crippen molar-refractivity contribution >= 4 is 69.5 Å². The molecule has 3 heterocycles. The predicted molar refractivity (Wildman–Crippen MR) is 119 cm³/mol. The topological polar surface area (TPSA) is 160 Å². The fraction of sp³-hybridized carbons (Fsp3) is 0.412. The first kappa shape index (κ1) is 23.9. The number of β-lactam (4-membered cyclic amide) rings is 1. The normalized spacial score (nSPS) is 20.3. The number of nitrogens with one attached hydrogen (secondary N) is 2. The average Bonchev–Trinajstić information content (AvgIpc) is 3.27. The summed E-state index contributed by atoms with van der Waals surface area (Å²) in [6.07, 6.45) is 1.74. The van der Waals surface area contributed by atoms with Crippen LogP contribution in [0.25, 0.3) is 0 Å². The summed E-state index contributed by atoms with van der Waals surface area (Å²) in [5, 5.41) is 20.2. The lowest BCUT2D eigenvalue weighted by Crippen LogP contribution is -2.71. The van der Waals surface area contributed by atoms with Crippen LogP contribution in [0.1, 0.15) is 5.69 Å². The number of methoxy groups -OCH3 is 1. The molecule has 2 aliphatic rings. The van der Waals surface area contributed by atoms with Crippen LogP contribution in [0, 0.1) is 0 Å². The van der Waals surface area contributed by atoms with E-state index in [0.717, 1.165) is 0 Å². The molecule has 15 heteroatoms. The maximum Gasteiger partial charge on any atom is 0.353 e. The Bertz CT molecular complexity index is 1010. The molecule has 0 aliphatic carbocycles. The molecule has 2 aliphatic heterocycles. The standard InChI is InChI=1S/C17H19N5O7S3/c1-18-17-19-7(5-32-17)10(21-29-4-9(23)28-2)13(24)20-11-14(25)22-12(16(26)27)8(30-3)6-31-15(11)22/h5,11,15H,4,6H2,1-3H3,(H,18,19)(H,20,24)(H,26,27)/t11?,15-/m0/s1. The Morgan fingerprint density at radius 3 is 2.78 bits per heavy atom. The molecule has 1 unspecified atom stereocenters. The third-order valence-corrected chi connectivity index (χ3v) is 7.56. The summed E-state index contributed by atoms with van der Waals surface area (Å²) >= 11 is 3.84. The van der Waals surface area contributed by atoms with E-state index in [-0.39, 0.29) is 17.1 Å². The quantitative estimate of drug-likeness (QED) is 0.183. The number of ether oxygens (including phenoxy) is 1. The molecule has 3 rings (SSSR count). The first-order chi connectivity index (χ1) is 15.3. The summed E-state index contributed by atoms with van der Waals surface area (Å²) in [4.78, 5) is 59.5. The van der Waals surface area contributed by atoms with Crippen LogP contribution in [-0.2, 0) is 28.8 Å². The second kappa shape index (κ2) is 10.2. The number of hydrogen-bond donors (Lipinski definition) is 3. The highest BCUT2D eigenvalue weighted by Crippen LogP contribution is 2.42. The van der Waals surface area contributed by atoms with E-state index in [1.165, 1.54) is 46.9 Å². The number of carboxylic acids is 1. The van der Waals surface area contributed by atoms with Crippen LogP contribution in [0.3, 0.4) is 0 Å². The second-order valence-corrected chi connectivity index (χ2v) is 9.08. The van der Waals surface area contributed by atoms with E-state index < -0.39 is 41.8 Å². The second-order valence-electron chi connectivity index (χ2n) is 6.22. The lowest BCUT2D eigenvalue weighted by Gasteiger charge is -2.49. The third-order valence-electron chi connectivity index (χ3n) is 4.41. The Balaban J connectivity index is 1.79. The number of oxime groups is 1. The predicted octanol–water partition coefficient (Wildman–Crippen LogP) is 0.138. The zero-order chi connectivity index (χ0) is 23.4. The molecule has 172 valence electrons. The van der Waals surface area contributed by atoms with Gasteiger partial charge in [-0.15, -0.1) is 34.9 Å². The summed E-state index contributed by atoms with van der Waals surface area (Å²) in [5.41, 5.74) is -0.125. The molecule has 12 nitrogen and oxygen atoms in total. The Labute approximate surface area is 194 Å². The third kappa shape index (κ3) is 4.68. The lowest BCUT2D eigenvalue weighted by atomic mass is 10.0. The number of thiazole rings is 1. The number of carbonyl (C=O) groups is 4. The summed E-state index contributed by atoms with van der Waals surface area (Å²) in [6.45, 7) is -0.519. The molecule has 2 atom stereocenters. The first-order valence-electron chi connectivity index (χ1n) is 8.98. The average molecular weight is 502 g/mol. The van der Waals surface area contributed by atoms with Crippen molar-refractivity contribution in [1.29, 1.82) is 0 Å². The number of carboxylic acid groups (broad SMARTS) is 1. The number of rotatable bonds is 9. The van der Waals surface area contributed by atoms with E-state index in [2.05, 4.69) is 25.5 Å². The Morgan fingerprint density at radius 1 is 1.44 bits per heavy atom. The minimum Gasteiger partial charge on any atom is -0.477 e. The minimum atomic E-state index is -1.20. The zero-order valence-corrected chi connectivity index (χ0v) is 19.6. The van der Waals surface area contributed by atoms with Gasteiger partial charge in [-0.05, 0) is 6.26 Å². The summed E-state index contributed by atoms with van der Waals surface area (Å²) in [7, 11) is 2.84. The van der Waals surface area contributed by atoms with Crippen molar-refractivity contribution in [1.82, 2.24) is 15.2 Å². The molecule has 1 saturated heterocycles. The summed E-state index contributed by atoms with van der Waals surface area (Å²) in [6, 6.07) is -0.946. The number of aromatic nitrogens is 1. The number of carbonyl (C=O) groups excluding carboxylic acids is 3. The molecule has 0 aromatic carbocycles. The van der Waals surface area contributed by atoms with Crippen LogP contribution in [0.4, 0.5) is 5.13 Å². The highest BCUT2D eigenvalue weighted by Gasteiger charge is 2.54. The molecular formula is C17H19N5O7S3. The number of hydrogen-bond acceptors (Lipinski definition) is 12. The van der Waals surface area contributed by atoms with Gasteiger partial charge in [0.2, 0.25) is 6.61 Å². The van der Waals surface area contributed by atoms with Crippen LogP contribution in [0.2, 0.25) is 0 Å². The fourth-order valence-electron chi connectivity index (χ4n) is 2.87. The molecule has 3 N–H and O–H groups in total. The summed E-state index contributed by atoms with van der Waals surface area (Å²) in [5.74, 6) is -2.77. The van der Waals surface area contributed by atoms with Gasteiger partial charge in [0, 0.05) is 23.1 Å². The molecule has 0 bridgehead atoms. The number of fused-ring (bicyclic) bond motifs is 1. The number of thioether (sulfide) groups is 2. The largest absolute Gasteiger partial charge is 0.477 e. The van der Waals surface area contributed by atoms with Crippen LogP contribution < -0.4 is 10.6 Å². The molecule has 32 heavy (non-hydrogen) atoms. The maximum absolute atomic E-state index is 12.9. The van der Waals surface area contributed by atoms with Crippen molar-refractivity contribution in [2.75, 3.05) is 38.1 Å². The molecule has 0 radical (unpaired) electrons. The SMILES string of the molecule is CNc1nc(C(=NOCC(=O)OC)C(=O)NC2C(=O)N3C(C(=O)O)=C(SC)CS[C@@H]23)cs1. The first-order valence-corrected chi connectivity index (χ1v) is 12.1. The van der Waals surface area contributed by atoms with Gasteiger partial charge < -0.3 is 25.3 Å².